The van der Waals surface area contributed by atoms with Crippen molar-refractivity contribution >= 4 is 0 Å². The first kappa shape index (κ1) is 10.8. The zero-order chi connectivity index (χ0) is 11.7. The van der Waals surface area contributed by atoms with Crippen molar-refractivity contribution < 1.29 is 9.84 Å². The van der Waals surface area contributed by atoms with Gasteiger partial charge in [-0.15, -0.1) is 0 Å². The van der Waals surface area contributed by atoms with E-state index in [9.17, 15) is 5.11 Å². The smallest absolute Gasteiger partial charge is 0.125 e. The van der Waals surface area contributed by atoms with Gasteiger partial charge in [0.15, 0.2) is 0 Å². The first-order chi connectivity index (χ1) is 8.34. The van der Waals surface area contributed by atoms with Crippen molar-refractivity contribution in [3.63, 3.8) is 0 Å². The van der Waals surface area contributed by atoms with E-state index in [4.69, 9.17) is 4.74 Å². The molecule has 1 aromatic rings. The molecule has 3 rings (SSSR count). The molecule has 1 aliphatic carbocycles. The summed E-state index contributed by atoms with van der Waals surface area (Å²) in [6, 6.07) is 7.84. The second-order valence-corrected chi connectivity index (χ2v) is 4.99. The van der Waals surface area contributed by atoms with Crippen molar-refractivity contribution in [3.8, 4) is 5.75 Å². The second-order valence-electron chi connectivity index (χ2n) is 4.99. The van der Waals surface area contributed by atoms with Gasteiger partial charge in [0.1, 0.15) is 11.9 Å². The predicted octanol–water partition coefficient (Wildman–Crippen LogP) is 3.23. The van der Waals surface area contributed by atoms with E-state index >= 15 is 0 Å². The van der Waals surface area contributed by atoms with E-state index in [2.05, 4.69) is 12.2 Å². The summed E-state index contributed by atoms with van der Waals surface area (Å²) in [7, 11) is 0. The lowest BCUT2D eigenvalue weighted by Gasteiger charge is -2.35. The van der Waals surface area contributed by atoms with Gasteiger partial charge in [-0.3, -0.25) is 0 Å². The summed E-state index contributed by atoms with van der Waals surface area (Å²) in [5, 5.41) is 10.2. The van der Waals surface area contributed by atoms with E-state index in [-0.39, 0.29) is 12.2 Å². The molecule has 0 fully saturated rings. The highest BCUT2D eigenvalue weighted by atomic mass is 16.5. The summed E-state index contributed by atoms with van der Waals surface area (Å²) in [5.41, 5.74) is 0.940. The van der Waals surface area contributed by atoms with Crippen LogP contribution in [0.1, 0.15) is 37.4 Å². The zero-order valence-electron chi connectivity index (χ0n) is 9.88. The molecule has 0 amide bonds. The molecule has 1 heterocycles. The number of benzene rings is 1. The predicted molar refractivity (Wildman–Crippen MR) is 66.9 cm³/mol. The quantitative estimate of drug-likeness (QED) is 0.750. The van der Waals surface area contributed by atoms with E-state index in [1.54, 1.807) is 0 Å². The van der Waals surface area contributed by atoms with E-state index in [0.29, 0.717) is 5.92 Å². The fourth-order valence-corrected chi connectivity index (χ4v) is 2.86. The molecule has 3 atom stereocenters. The van der Waals surface area contributed by atoms with Crippen LogP contribution in [0.15, 0.2) is 36.4 Å². The number of hydrogen-bond donors (Lipinski definition) is 1. The highest BCUT2D eigenvalue weighted by molar-refractivity contribution is 5.37. The first-order valence-corrected chi connectivity index (χ1v) is 6.43. The number of allylic oxidation sites excluding steroid dienone is 2. The minimum atomic E-state index is -0.365. The Morgan fingerprint density at radius 3 is 2.88 bits per heavy atom. The second kappa shape index (κ2) is 4.53. The Labute approximate surface area is 102 Å². The summed E-state index contributed by atoms with van der Waals surface area (Å²) < 4.78 is 6.05. The first-order valence-electron chi connectivity index (χ1n) is 6.43. The molecule has 0 radical (unpaired) electrons. The van der Waals surface area contributed by atoms with Crippen molar-refractivity contribution in [1.29, 1.82) is 0 Å². The molecule has 2 heteroatoms. The lowest BCUT2D eigenvalue weighted by Crippen LogP contribution is -2.33. The highest BCUT2D eigenvalue weighted by Gasteiger charge is 2.31. The van der Waals surface area contributed by atoms with Gasteiger partial charge in [0.25, 0.3) is 0 Å². The third kappa shape index (κ3) is 2.09. The van der Waals surface area contributed by atoms with E-state index in [1.165, 1.54) is 6.42 Å². The van der Waals surface area contributed by atoms with Crippen LogP contribution >= 0.6 is 0 Å². The molecule has 1 aromatic carbocycles. The number of rotatable bonds is 1. The fraction of sp³-hybridized carbons (Fsp3) is 0.467. The molecule has 0 spiro atoms. The van der Waals surface area contributed by atoms with Crippen LogP contribution < -0.4 is 4.74 Å². The molecule has 0 saturated carbocycles. The van der Waals surface area contributed by atoms with E-state index in [0.717, 1.165) is 30.6 Å². The lowest BCUT2D eigenvalue weighted by molar-refractivity contribution is 0.0315. The zero-order valence-corrected chi connectivity index (χ0v) is 9.88. The Kier molecular flexibility index (Phi) is 2.89. The number of fused-ring (bicyclic) bond motifs is 1. The van der Waals surface area contributed by atoms with Crippen LogP contribution in [-0.4, -0.2) is 11.2 Å². The normalized spacial score (nSPS) is 31.7. The molecule has 2 nitrogen and oxygen atoms in total. The Hall–Kier alpha value is -1.28. The minimum Gasteiger partial charge on any atom is -0.490 e. The van der Waals surface area contributed by atoms with Gasteiger partial charge in [-0.25, -0.2) is 0 Å². The van der Waals surface area contributed by atoms with Gasteiger partial charge >= 0.3 is 0 Å². The molecule has 1 aliphatic heterocycles. The number of para-hydroxylation sites is 1. The van der Waals surface area contributed by atoms with Crippen LogP contribution in [0.3, 0.4) is 0 Å². The number of ether oxygens (including phenoxy) is 1. The Balaban J connectivity index is 1.81. The highest BCUT2D eigenvalue weighted by Crippen LogP contribution is 2.39. The van der Waals surface area contributed by atoms with Crippen molar-refractivity contribution in [2.45, 2.75) is 37.9 Å². The molecule has 90 valence electrons. The molecule has 17 heavy (non-hydrogen) atoms. The van der Waals surface area contributed by atoms with Crippen LogP contribution in [0, 0.1) is 5.92 Å². The molecule has 2 aliphatic rings. The topological polar surface area (TPSA) is 29.5 Å². The Morgan fingerprint density at radius 2 is 2.06 bits per heavy atom. The van der Waals surface area contributed by atoms with Crippen molar-refractivity contribution in [2.75, 3.05) is 0 Å². The largest absolute Gasteiger partial charge is 0.490 e. The molecular formula is C15H18O2. The maximum Gasteiger partial charge on any atom is 0.125 e. The van der Waals surface area contributed by atoms with Crippen LogP contribution in [0.5, 0.6) is 5.75 Å². The van der Waals surface area contributed by atoms with Crippen molar-refractivity contribution in [2.24, 2.45) is 5.92 Å². The van der Waals surface area contributed by atoms with Gasteiger partial charge < -0.3 is 9.84 Å². The molecule has 0 aromatic heterocycles. The molecular weight excluding hydrogens is 212 g/mol. The maximum atomic E-state index is 10.2. The van der Waals surface area contributed by atoms with Gasteiger partial charge in [0, 0.05) is 12.0 Å². The monoisotopic (exact) mass is 230 g/mol. The number of aliphatic hydroxyl groups excluding tert-OH is 1. The van der Waals surface area contributed by atoms with Crippen LogP contribution in [0.25, 0.3) is 0 Å². The van der Waals surface area contributed by atoms with Crippen LogP contribution in [0.4, 0.5) is 0 Å². The lowest BCUT2D eigenvalue weighted by atomic mass is 9.84. The summed E-state index contributed by atoms with van der Waals surface area (Å²) in [4.78, 5) is 0. The fourth-order valence-electron chi connectivity index (χ4n) is 2.86. The molecule has 0 saturated heterocycles. The number of aliphatic hydroxyl groups is 1. The SMILES string of the molecule is O[C@@H]1CC(C2CC=CCC2)Oc2ccccc21. The molecule has 0 bridgehead atoms. The molecule has 2 unspecified atom stereocenters. The third-order valence-corrected chi connectivity index (χ3v) is 3.85. The van der Waals surface area contributed by atoms with Crippen molar-refractivity contribution in [3.05, 3.63) is 42.0 Å². The standard InChI is InChI=1S/C15H18O2/c16-13-10-15(11-6-2-1-3-7-11)17-14-9-5-4-8-12(13)14/h1-2,4-5,8-9,11,13,15-16H,3,6-7,10H2/t11?,13-,15?/m1/s1. The van der Waals surface area contributed by atoms with Gasteiger partial charge in [-0.2, -0.15) is 0 Å². The van der Waals surface area contributed by atoms with Gasteiger partial charge in [0.2, 0.25) is 0 Å². The minimum absolute atomic E-state index is 0.171. The molecule has 1 N–H and O–H groups in total. The summed E-state index contributed by atoms with van der Waals surface area (Å²) >= 11 is 0. The average Bonchev–Trinajstić information content (AvgIpc) is 2.40. The summed E-state index contributed by atoms with van der Waals surface area (Å²) in [6.45, 7) is 0. The van der Waals surface area contributed by atoms with Crippen LogP contribution in [0.2, 0.25) is 0 Å². The summed E-state index contributed by atoms with van der Waals surface area (Å²) in [5.74, 6) is 1.42. The van der Waals surface area contributed by atoms with Gasteiger partial charge in [-0.1, -0.05) is 30.4 Å². The van der Waals surface area contributed by atoms with E-state index < -0.39 is 0 Å². The average molecular weight is 230 g/mol. The van der Waals surface area contributed by atoms with Crippen molar-refractivity contribution in [1.82, 2.24) is 0 Å². The van der Waals surface area contributed by atoms with Gasteiger partial charge in [-0.05, 0) is 31.2 Å². The van der Waals surface area contributed by atoms with Crippen LogP contribution in [-0.2, 0) is 0 Å². The third-order valence-electron chi connectivity index (χ3n) is 3.85. The van der Waals surface area contributed by atoms with E-state index in [1.807, 2.05) is 24.3 Å². The van der Waals surface area contributed by atoms with Gasteiger partial charge in [0.05, 0.1) is 6.10 Å². The number of hydrogen-bond acceptors (Lipinski definition) is 2. The Bertz CT molecular complexity index is 425. The summed E-state index contributed by atoms with van der Waals surface area (Å²) in [6.07, 6.45) is 8.42. The maximum absolute atomic E-state index is 10.2. The Morgan fingerprint density at radius 1 is 1.18 bits per heavy atom.